The Kier molecular flexibility index (Phi) is 11.9. The number of hydrogen-bond donors (Lipinski definition) is 2. The van der Waals surface area contributed by atoms with Crippen LogP contribution in [0.5, 0.6) is 0 Å². The first kappa shape index (κ1) is 45.3. The summed E-state index contributed by atoms with van der Waals surface area (Å²) >= 11 is 0. The number of esters is 1. The molecule has 7 aliphatic carbocycles. The van der Waals surface area contributed by atoms with Crippen LogP contribution in [0.15, 0.2) is 65.8 Å². The number of carbonyl (C=O) groups is 1. The zero-order valence-electron chi connectivity index (χ0n) is 38.7. The van der Waals surface area contributed by atoms with E-state index in [4.69, 9.17) is 4.74 Å². The van der Waals surface area contributed by atoms with E-state index < -0.39 is 33.5 Å². The first-order chi connectivity index (χ1) is 28.7. The lowest BCUT2D eigenvalue weighted by Gasteiger charge is -2.72. The van der Waals surface area contributed by atoms with Gasteiger partial charge < -0.3 is 15.2 Å². The second-order valence-corrected chi connectivity index (χ2v) is 25.6. The number of allylic oxidation sites excluding steroid dienone is 5. The van der Waals surface area contributed by atoms with E-state index >= 15 is 0 Å². The van der Waals surface area contributed by atoms with Crippen molar-refractivity contribution < 1.29 is 27.4 Å². The van der Waals surface area contributed by atoms with Crippen LogP contribution >= 0.6 is 0 Å². The zero-order chi connectivity index (χ0) is 43.9. The van der Waals surface area contributed by atoms with Crippen LogP contribution in [-0.4, -0.2) is 55.4 Å². The van der Waals surface area contributed by atoms with Gasteiger partial charge in [-0.15, -0.1) is 0 Å². The molecule has 0 radical (unpaired) electrons. The zero-order valence-corrected chi connectivity index (χ0v) is 39.5. The van der Waals surface area contributed by atoms with Crippen molar-refractivity contribution in [3.8, 4) is 0 Å². The number of halogens is 1. The first-order valence-corrected chi connectivity index (χ1v) is 26.1. The molecule has 0 saturated heterocycles. The molecule has 0 aromatic heterocycles. The number of hydrogen-bond acceptors (Lipinski definition) is 6. The van der Waals surface area contributed by atoms with Gasteiger partial charge in [-0.05, 0) is 191 Å². The van der Waals surface area contributed by atoms with Crippen molar-refractivity contribution in [1.29, 1.82) is 0 Å². The summed E-state index contributed by atoms with van der Waals surface area (Å²) in [6, 6.07) is 9.65. The lowest BCUT2D eigenvalue weighted by Crippen LogP contribution is -2.68. The predicted molar refractivity (Wildman–Crippen MR) is 244 cm³/mol. The molecule has 6 nitrogen and oxygen atoms in total. The van der Waals surface area contributed by atoms with Crippen molar-refractivity contribution in [2.24, 2.45) is 56.7 Å². The van der Waals surface area contributed by atoms with Crippen LogP contribution < -0.4 is 5.32 Å². The molecule has 0 bridgehead atoms. The summed E-state index contributed by atoms with van der Waals surface area (Å²) in [5.41, 5.74) is 3.72. The summed E-state index contributed by atoms with van der Waals surface area (Å²) in [5.74, 6) is 2.39. The maximum Gasteiger partial charge on any atom is 0.315 e. The number of sulfone groups is 1. The van der Waals surface area contributed by atoms with Gasteiger partial charge in [0.1, 0.15) is 23.1 Å². The highest BCUT2D eigenvalue weighted by Gasteiger charge is 2.70. The van der Waals surface area contributed by atoms with Crippen LogP contribution in [0.25, 0.3) is 0 Å². The van der Waals surface area contributed by atoms with E-state index in [1.807, 2.05) is 30.3 Å². The highest BCUT2D eigenvalue weighted by Crippen LogP contribution is 2.76. The van der Waals surface area contributed by atoms with Gasteiger partial charge >= 0.3 is 5.97 Å². The monoisotopic (exact) mass is 860 g/mol. The SMILES string of the molecule is C=C(C)C1CC[C@]2(NCC[C@]3(O)CC[C@@H](S(C)(=O)=O)CC3)CC[C@]3(C)[C@H](CC[C@@H]4[C@@]5(C)CC=C(C6=CC[C@](CF)(C(=O)OCc7ccccc7)CC6)C(C)(C)[C@@H]5CC[C@]43C)[C@@H]12. The number of alkyl halides is 1. The van der Waals surface area contributed by atoms with Crippen LogP contribution in [0.1, 0.15) is 156 Å². The molecule has 2 N–H and O–H groups in total. The molecule has 1 aromatic carbocycles. The van der Waals surface area contributed by atoms with Crippen molar-refractivity contribution >= 4 is 15.8 Å². The Morgan fingerprint density at radius 3 is 2.23 bits per heavy atom. The van der Waals surface area contributed by atoms with Gasteiger partial charge in [0.25, 0.3) is 0 Å². The highest BCUT2D eigenvalue weighted by molar-refractivity contribution is 7.91. The van der Waals surface area contributed by atoms with Crippen molar-refractivity contribution in [3.63, 3.8) is 0 Å². The van der Waals surface area contributed by atoms with E-state index in [1.165, 1.54) is 61.5 Å². The Morgan fingerprint density at radius 2 is 1.59 bits per heavy atom. The summed E-state index contributed by atoms with van der Waals surface area (Å²) in [5, 5.41) is 15.5. The molecule has 0 spiro atoms. The Hall–Kier alpha value is -2.29. The lowest BCUT2D eigenvalue weighted by molar-refractivity contribution is -0.221. The summed E-state index contributed by atoms with van der Waals surface area (Å²) < 4.78 is 45.0. The van der Waals surface area contributed by atoms with E-state index in [1.54, 1.807) is 0 Å². The van der Waals surface area contributed by atoms with Gasteiger partial charge in [-0.3, -0.25) is 4.79 Å². The Morgan fingerprint density at radius 1 is 0.869 bits per heavy atom. The highest BCUT2D eigenvalue weighted by atomic mass is 32.2. The minimum Gasteiger partial charge on any atom is -0.460 e. The predicted octanol–water partition coefficient (Wildman–Crippen LogP) is 11.4. The number of aliphatic hydroxyl groups is 1. The smallest absolute Gasteiger partial charge is 0.315 e. The molecule has 338 valence electrons. The third-order valence-electron chi connectivity index (χ3n) is 20.0. The van der Waals surface area contributed by atoms with Crippen LogP contribution in [0.2, 0.25) is 0 Å². The second-order valence-electron chi connectivity index (χ2n) is 23.2. The first-order valence-electron chi connectivity index (χ1n) is 24.2. The average Bonchev–Trinajstić information content (AvgIpc) is 3.60. The van der Waals surface area contributed by atoms with Gasteiger partial charge in [0.05, 0.1) is 16.3 Å². The minimum absolute atomic E-state index is 0.0301. The van der Waals surface area contributed by atoms with E-state index in [0.29, 0.717) is 81.0 Å². The van der Waals surface area contributed by atoms with Crippen LogP contribution in [0, 0.1) is 56.7 Å². The van der Waals surface area contributed by atoms with Crippen molar-refractivity contribution in [2.75, 3.05) is 19.5 Å². The largest absolute Gasteiger partial charge is 0.460 e. The summed E-state index contributed by atoms with van der Waals surface area (Å²) in [4.78, 5) is 13.4. The van der Waals surface area contributed by atoms with E-state index in [-0.39, 0.29) is 39.1 Å². The number of ether oxygens (including phenoxy) is 1. The molecule has 61 heavy (non-hydrogen) atoms. The number of nitrogens with one attached hydrogen (secondary N) is 1. The van der Waals surface area contributed by atoms with Crippen LogP contribution in [0.3, 0.4) is 0 Å². The van der Waals surface area contributed by atoms with E-state index in [9.17, 15) is 22.7 Å². The number of rotatable bonds is 11. The van der Waals surface area contributed by atoms with Gasteiger partial charge in [0.2, 0.25) is 0 Å². The van der Waals surface area contributed by atoms with Crippen molar-refractivity contribution in [1.82, 2.24) is 5.32 Å². The number of benzene rings is 1. The molecule has 8 rings (SSSR count). The molecule has 10 atom stereocenters. The fraction of sp³-hybridized carbons (Fsp3) is 0.755. The van der Waals surface area contributed by atoms with Crippen LogP contribution in [0.4, 0.5) is 4.39 Å². The molecule has 7 aliphatic rings. The maximum atomic E-state index is 14.8. The quantitative estimate of drug-likeness (QED) is 0.170. The lowest BCUT2D eigenvalue weighted by atomic mass is 9.33. The topological polar surface area (TPSA) is 92.7 Å². The third-order valence-corrected chi connectivity index (χ3v) is 21.7. The maximum absolute atomic E-state index is 14.8. The standard InChI is InChI=1S/C53H78FNO5S/c1-36(2)40-20-29-53(55-33-32-52(57)27-18-39(19-28-52)61(8,58)59)31-30-49(6)42(45(40)53)14-15-44-48(5)23-21-41(47(3,4)43(48)22-24-50(44,49)7)38-16-25-51(35-54,26-17-38)46(56)60-34-37-12-10-9-11-13-37/h9-13,16,21,39-40,42-45,55,57H,1,14-15,17-20,22-35H2,2-8H3/t39-,40?,42-,43+,44-,45-,48+,49-,50-,51+,52+,53+/m1/s1. The minimum atomic E-state index is -3.07. The Balaban J connectivity index is 0.987. The fourth-order valence-corrected chi connectivity index (χ4v) is 17.4. The number of fused-ring (bicyclic) bond motifs is 7. The normalized spacial score (nSPS) is 43.1. The molecule has 1 unspecified atom stereocenters. The molecular formula is C53H78FNO5S. The molecule has 0 heterocycles. The van der Waals surface area contributed by atoms with Gasteiger partial charge in [0.15, 0.2) is 0 Å². The molecule has 8 heteroatoms. The van der Waals surface area contributed by atoms with Gasteiger partial charge in [0, 0.05) is 11.8 Å². The van der Waals surface area contributed by atoms with E-state index in [2.05, 4.69) is 65.6 Å². The molecular weight excluding hydrogens is 782 g/mol. The Bertz CT molecular complexity index is 2020. The van der Waals surface area contributed by atoms with Gasteiger partial charge in [-0.25, -0.2) is 12.8 Å². The van der Waals surface area contributed by atoms with Crippen molar-refractivity contribution in [3.05, 3.63) is 71.3 Å². The van der Waals surface area contributed by atoms with E-state index in [0.717, 1.165) is 31.4 Å². The molecule has 0 amide bonds. The van der Waals surface area contributed by atoms with Crippen molar-refractivity contribution in [2.45, 2.75) is 174 Å². The number of carbonyl (C=O) groups excluding carboxylic acids is 1. The van der Waals surface area contributed by atoms with Gasteiger partial charge in [-0.1, -0.05) is 89.3 Å². The molecule has 5 fully saturated rings. The summed E-state index contributed by atoms with van der Waals surface area (Å²) in [6.45, 7) is 20.1. The second kappa shape index (κ2) is 16.0. The third kappa shape index (κ3) is 7.48. The molecule has 0 aliphatic heterocycles. The Labute approximate surface area is 368 Å². The summed E-state index contributed by atoms with van der Waals surface area (Å²) in [7, 11) is -3.07. The molecule has 5 saturated carbocycles. The molecule has 1 aromatic rings. The fourth-order valence-electron chi connectivity index (χ4n) is 16.3. The average molecular weight is 860 g/mol. The summed E-state index contributed by atoms with van der Waals surface area (Å²) in [6.07, 6.45) is 21.3. The van der Waals surface area contributed by atoms with Gasteiger partial charge in [-0.2, -0.15) is 0 Å². The van der Waals surface area contributed by atoms with Crippen LogP contribution in [-0.2, 0) is 26.0 Å².